The zero-order valence-corrected chi connectivity index (χ0v) is 22.9. The second-order valence-electron chi connectivity index (χ2n) is 11.7. The molecule has 5 nitrogen and oxygen atoms in total. The molecule has 0 spiro atoms. The van der Waals surface area contributed by atoms with Crippen molar-refractivity contribution >= 4 is 11.7 Å². The van der Waals surface area contributed by atoms with Gasteiger partial charge in [-0.15, -0.1) is 0 Å². The molecule has 4 rings (SSSR count). The van der Waals surface area contributed by atoms with Crippen LogP contribution in [0.15, 0.2) is 48.0 Å². The number of ether oxygens (including phenoxy) is 2. The number of aryl methyl sites for hydroxylation is 1. The van der Waals surface area contributed by atoms with Gasteiger partial charge in [-0.25, -0.2) is 9.18 Å². The molecule has 0 aromatic heterocycles. The summed E-state index contributed by atoms with van der Waals surface area (Å²) in [5, 5.41) is 3.02. The maximum Gasteiger partial charge on any atom is 0.407 e. The first kappa shape index (κ1) is 27.2. The van der Waals surface area contributed by atoms with Gasteiger partial charge in [0.1, 0.15) is 17.2 Å². The summed E-state index contributed by atoms with van der Waals surface area (Å²) in [5.41, 5.74) is 6.15. The van der Waals surface area contributed by atoms with E-state index in [1.165, 1.54) is 34.4 Å². The van der Waals surface area contributed by atoms with Crippen LogP contribution in [-0.4, -0.2) is 48.9 Å². The van der Waals surface area contributed by atoms with E-state index in [1.807, 2.05) is 32.9 Å². The zero-order chi connectivity index (χ0) is 26.6. The molecule has 0 bridgehead atoms. The minimum atomic E-state index is -0.479. The van der Waals surface area contributed by atoms with E-state index in [1.54, 1.807) is 0 Å². The number of halogens is 1. The molecule has 1 fully saturated rings. The first-order valence-electron chi connectivity index (χ1n) is 13.5. The van der Waals surface area contributed by atoms with Crippen molar-refractivity contribution in [1.29, 1.82) is 0 Å². The van der Waals surface area contributed by atoms with Crippen LogP contribution in [-0.2, 0) is 17.6 Å². The van der Waals surface area contributed by atoms with Gasteiger partial charge in [-0.3, -0.25) is 4.90 Å². The zero-order valence-electron chi connectivity index (χ0n) is 22.9. The summed E-state index contributed by atoms with van der Waals surface area (Å²) in [6.45, 7) is 13.4. The fourth-order valence-electron chi connectivity index (χ4n) is 5.25. The standard InChI is InChI=1S/C31H41FN2O3/c1-21(16-23-6-10-26(32)11-7-23)20-36-28-12-13-29-22(2)25(9-8-24(29)17-28)18-34-15-14-27(19-34)33-30(35)37-31(3,4)5/h6-7,10-13,17,21,27H,8-9,14-16,18-20H2,1-5H3,(H,33,35)/t21-,27?/m0/s1. The van der Waals surface area contributed by atoms with Crippen molar-refractivity contribution in [1.82, 2.24) is 10.2 Å². The molecular formula is C31H41FN2O3. The van der Waals surface area contributed by atoms with Gasteiger partial charge in [-0.2, -0.15) is 0 Å². The number of likely N-dealkylation sites (tertiary alicyclic amines) is 1. The Kier molecular flexibility index (Phi) is 8.58. The van der Waals surface area contributed by atoms with Crippen molar-refractivity contribution in [2.24, 2.45) is 5.92 Å². The van der Waals surface area contributed by atoms with Gasteiger partial charge >= 0.3 is 6.09 Å². The molecule has 1 N–H and O–H groups in total. The largest absolute Gasteiger partial charge is 0.493 e. The molecule has 0 saturated carbocycles. The third kappa shape index (κ3) is 7.81. The molecule has 6 heteroatoms. The Morgan fingerprint density at radius 2 is 1.92 bits per heavy atom. The van der Waals surface area contributed by atoms with Crippen molar-refractivity contribution in [3.05, 3.63) is 70.5 Å². The first-order valence-corrected chi connectivity index (χ1v) is 13.5. The Bertz CT molecular complexity index is 1120. The summed E-state index contributed by atoms with van der Waals surface area (Å²) in [5.74, 6) is 1.05. The molecule has 2 aliphatic rings. The number of amides is 1. The van der Waals surface area contributed by atoms with Crippen molar-refractivity contribution in [2.45, 2.75) is 71.9 Å². The summed E-state index contributed by atoms with van der Waals surface area (Å²) in [6, 6.07) is 13.3. The van der Waals surface area contributed by atoms with E-state index in [-0.39, 0.29) is 18.0 Å². The van der Waals surface area contributed by atoms with Gasteiger partial charge in [0.25, 0.3) is 0 Å². The Morgan fingerprint density at radius 1 is 1.16 bits per heavy atom. The van der Waals surface area contributed by atoms with Gasteiger partial charge in [-0.05, 0) is 106 Å². The second kappa shape index (κ2) is 11.7. The average molecular weight is 509 g/mol. The number of rotatable bonds is 8. The Hall–Kier alpha value is -2.86. The number of fused-ring (bicyclic) bond motifs is 1. The molecule has 2 aromatic carbocycles. The van der Waals surface area contributed by atoms with Crippen LogP contribution < -0.4 is 10.1 Å². The summed E-state index contributed by atoms with van der Waals surface area (Å²) in [7, 11) is 0. The normalized spacial score (nSPS) is 18.9. The lowest BCUT2D eigenvalue weighted by Crippen LogP contribution is -2.40. The van der Waals surface area contributed by atoms with Crippen molar-refractivity contribution in [2.75, 3.05) is 26.2 Å². The number of carbonyl (C=O) groups excluding carboxylic acids is 1. The lowest BCUT2D eigenvalue weighted by molar-refractivity contribution is 0.0506. The van der Waals surface area contributed by atoms with E-state index >= 15 is 0 Å². The number of hydrogen-bond donors (Lipinski definition) is 1. The number of nitrogens with one attached hydrogen (secondary N) is 1. The van der Waals surface area contributed by atoms with Gasteiger partial charge in [0, 0.05) is 25.7 Å². The van der Waals surface area contributed by atoms with Crippen molar-refractivity contribution in [3.8, 4) is 5.75 Å². The van der Waals surface area contributed by atoms with Crippen LogP contribution in [0.4, 0.5) is 9.18 Å². The predicted octanol–water partition coefficient (Wildman–Crippen LogP) is 6.40. The van der Waals surface area contributed by atoms with Gasteiger partial charge in [0.15, 0.2) is 0 Å². The van der Waals surface area contributed by atoms with Crippen LogP contribution in [0, 0.1) is 11.7 Å². The van der Waals surface area contributed by atoms with E-state index in [4.69, 9.17) is 9.47 Å². The maximum absolute atomic E-state index is 13.1. The summed E-state index contributed by atoms with van der Waals surface area (Å²) in [4.78, 5) is 14.6. The Balaban J connectivity index is 1.29. The summed E-state index contributed by atoms with van der Waals surface area (Å²) < 4.78 is 24.7. The average Bonchev–Trinajstić information content (AvgIpc) is 3.26. The molecular weight excluding hydrogens is 467 g/mol. The van der Waals surface area contributed by atoms with Crippen LogP contribution in [0.25, 0.3) is 5.57 Å². The van der Waals surface area contributed by atoms with Gasteiger partial charge in [0.05, 0.1) is 6.61 Å². The summed E-state index contributed by atoms with van der Waals surface area (Å²) in [6.07, 6.45) is 3.54. The lowest BCUT2D eigenvalue weighted by atomic mass is 9.86. The van der Waals surface area contributed by atoms with E-state index in [0.717, 1.165) is 56.6 Å². The highest BCUT2D eigenvalue weighted by Crippen LogP contribution is 2.34. The van der Waals surface area contributed by atoms with Crippen LogP contribution in [0.2, 0.25) is 0 Å². The van der Waals surface area contributed by atoms with Crippen molar-refractivity contribution < 1.29 is 18.7 Å². The number of allylic oxidation sites excluding steroid dienone is 1. The number of nitrogens with zero attached hydrogens (tertiary/aromatic N) is 1. The minimum absolute atomic E-state index is 0.136. The molecule has 1 saturated heterocycles. The minimum Gasteiger partial charge on any atom is -0.493 e. The molecule has 1 aliphatic carbocycles. The van der Waals surface area contributed by atoms with Crippen LogP contribution in [0.1, 0.15) is 64.2 Å². The second-order valence-corrected chi connectivity index (χ2v) is 11.7. The third-order valence-corrected chi connectivity index (χ3v) is 7.15. The van der Waals surface area contributed by atoms with E-state index in [0.29, 0.717) is 12.5 Å². The molecule has 37 heavy (non-hydrogen) atoms. The third-order valence-electron chi connectivity index (χ3n) is 7.15. The van der Waals surface area contributed by atoms with E-state index in [2.05, 4.69) is 42.3 Å². The van der Waals surface area contributed by atoms with E-state index in [9.17, 15) is 9.18 Å². The number of benzene rings is 2. The molecule has 0 radical (unpaired) electrons. The molecule has 200 valence electrons. The highest BCUT2D eigenvalue weighted by molar-refractivity contribution is 5.72. The summed E-state index contributed by atoms with van der Waals surface area (Å²) >= 11 is 0. The topological polar surface area (TPSA) is 50.8 Å². The SMILES string of the molecule is CC1=C(CN2CCC(NC(=O)OC(C)(C)C)C2)CCc2cc(OC[C@@H](C)Cc3ccc(F)cc3)ccc21. The quantitative estimate of drug-likeness (QED) is 0.448. The monoisotopic (exact) mass is 508 g/mol. The number of carbonyl (C=O) groups is 1. The molecule has 1 amide bonds. The fourth-order valence-corrected chi connectivity index (χ4v) is 5.25. The molecule has 2 atom stereocenters. The van der Waals surface area contributed by atoms with Crippen LogP contribution >= 0.6 is 0 Å². The van der Waals surface area contributed by atoms with Crippen LogP contribution in [0.3, 0.4) is 0 Å². The van der Waals surface area contributed by atoms with Gasteiger partial charge in [-0.1, -0.05) is 30.7 Å². The van der Waals surface area contributed by atoms with Crippen LogP contribution in [0.5, 0.6) is 5.75 Å². The smallest absolute Gasteiger partial charge is 0.407 e. The van der Waals surface area contributed by atoms with Gasteiger partial charge < -0.3 is 14.8 Å². The predicted molar refractivity (Wildman–Crippen MR) is 146 cm³/mol. The van der Waals surface area contributed by atoms with Gasteiger partial charge in [0.2, 0.25) is 0 Å². The molecule has 1 unspecified atom stereocenters. The Labute approximate surface area is 221 Å². The highest BCUT2D eigenvalue weighted by atomic mass is 19.1. The highest BCUT2D eigenvalue weighted by Gasteiger charge is 2.27. The fraction of sp³-hybridized carbons (Fsp3) is 0.516. The number of hydrogen-bond acceptors (Lipinski definition) is 4. The molecule has 2 aromatic rings. The molecule has 1 heterocycles. The first-order chi connectivity index (χ1) is 17.6. The van der Waals surface area contributed by atoms with E-state index < -0.39 is 5.60 Å². The Morgan fingerprint density at radius 3 is 2.65 bits per heavy atom. The van der Waals surface area contributed by atoms with Crippen molar-refractivity contribution in [3.63, 3.8) is 0 Å². The lowest BCUT2D eigenvalue weighted by Gasteiger charge is -2.26. The molecule has 1 aliphatic heterocycles. The maximum atomic E-state index is 13.1. The number of alkyl carbamates (subject to hydrolysis) is 1.